The molecule has 2 heterocycles. The van der Waals surface area contributed by atoms with Gasteiger partial charge in [-0.1, -0.05) is 6.92 Å². The molecule has 0 aromatic heterocycles. The van der Waals surface area contributed by atoms with Crippen molar-refractivity contribution in [3.8, 4) is 11.5 Å². The van der Waals surface area contributed by atoms with Crippen molar-refractivity contribution in [1.82, 2.24) is 10.2 Å². The van der Waals surface area contributed by atoms with E-state index in [0.29, 0.717) is 0 Å². The fourth-order valence-corrected chi connectivity index (χ4v) is 3.37. The van der Waals surface area contributed by atoms with E-state index in [1.54, 1.807) is 7.11 Å². The molecule has 1 fully saturated rings. The molecule has 0 bridgehead atoms. The molecule has 0 amide bonds. The molecule has 0 spiro atoms. The molecular formula is C18H28N2O3. The molecule has 5 nitrogen and oxygen atoms in total. The number of nitrogens with zero attached hydrogens (tertiary/aromatic N) is 1. The number of nitrogens with one attached hydrogen (secondary N) is 1. The number of methoxy groups -OCH3 is 1. The molecule has 23 heavy (non-hydrogen) atoms. The van der Waals surface area contributed by atoms with Gasteiger partial charge in [-0.05, 0) is 25.6 Å². The number of likely N-dealkylation sites (N-methyl/N-ethyl adjacent to an activating group) is 1. The second-order valence-electron chi connectivity index (χ2n) is 6.42. The van der Waals surface area contributed by atoms with Gasteiger partial charge >= 0.3 is 0 Å². The number of ether oxygens (including phenoxy) is 3. The van der Waals surface area contributed by atoms with E-state index >= 15 is 0 Å². The van der Waals surface area contributed by atoms with Crippen molar-refractivity contribution in [2.24, 2.45) is 0 Å². The third-order valence-electron chi connectivity index (χ3n) is 4.66. The highest BCUT2D eigenvalue weighted by atomic mass is 16.5. The van der Waals surface area contributed by atoms with E-state index in [2.05, 4.69) is 36.2 Å². The second-order valence-corrected chi connectivity index (χ2v) is 6.42. The Kier molecular flexibility index (Phi) is 5.41. The van der Waals surface area contributed by atoms with Crippen LogP contribution in [0.5, 0.6) is 11.5 Å². The Morgan fingerprint density at radius 2 is 2.26 bits per heavy atom. The van der Waals surface area contributed by atoms with E-state index in [4.69, 9.17) is 14.2 Å². The lowest BCUT2D eigenvalue weighted by molar-refractivity contribution is -0.0253. The lowest BCUT2D eigenvalue weighted by atomic mass is 10.1. The van der Waals surface area contributed by atoms with Crippen LogP contribution >= 0.6 is 0 Å². The Labute approximate surface area is 138 Å². The SMILES string of the molecule is CCN1CCO[C@@H](CNCc2cc3c(cc2OC)C[C@@H](C)O3)C1. The van der Waals surface area contributed by atoms with Crippen LogP contribution in [0, 0.1) is 0 Å². The van der Waals surface area contributed by atoms with E-state index < -0.39 is 0 Å². The maximum atomic E-state index is 5.86. The molecule has 2 aliphatic rings. The number of hydrogen-bond acceptors (Lipinski definition) is 5. The Morgan fingerprint density at radius 3 is 3.04 bits per heavy atom. The number of morpholine rings is 1. The smallest absolute Gasteiger partial charge is 0.123 e. The summed E-state index contributed by atoms with van der Waals surface area (Å²) in [5.41, 5.74) is 2.39. The predicted octanol–water partition coefficient (Wildman–Crippen LogP) is 1.83. The lowest BCUT2D eigenvalue weighted by Gasteiger charge is -2.32. The van der Waals surface area contributed by atoms with Crippen molar-refractivity contribution in [2.75, 3.05) is 39.9 Å². The summed E-state index contributed by atoms with van der Waals surface area (Å²) in [5, 5.41) is 3.51. The van der Waals surface area contributed by atoms with Gasteiger partial charge in [0, 0.05) is 43.7 Å². The average Bonchev–Trinajstić information content (AvgIpc) is 2.93. The third kappa shape index (κ3) is 3.97. The molecule has 1 aromatic rings. The molecule has 5 heteroatoms. The zero-order valence-corrected chi connectivity index (χ0v) is 14.4. The van der Waals surface area contributed by atoms with Crippen LogP contribution in [0.15, 0.2) is 12.1 Å². The highest BCUT2D eigenvalue weighted by Crippen LogP contribution is 2.34. The van der Waals surface area contributed by atoms with Crippen LogP contribution in [0.4, 0.5) is 0 Å². The minimum absolute atomic E-state index is 0.258. The van der Waals surface area contributed by atoms with Crippen molar-refractivity contribution in [2.45, 2.75) is 39.0 Å². The Bertz CT molecular complexity index is 535. The maximum absolute atomic E-state index is 5.86. The summed E-state index contributed by atoms with van der Waals surface area (Å²) in [6.45, 7) is 9.89. The van der Waals surface area contributed by atoms with Gasteiger partial charge in [-0.3, -0.25) is 4.90 Å². The quantitative estimate of drug-likeness (QED) is 0.866. The molecule has 2 aliphatic heterocycles. The van der Waals surface area contributed by atoms with Gasteiger partial charge in [0.15, 0.2) is 0 Å². The predicted molar refractivity (Wildman–Crippen MR) is 90.3 cm³/mol. The van der Waals surface area contributed by atoms with Crippen molar-refractivity contribution in [1.29, 1.82) is 0 Å². The van der Waals surface area contributed by atoms with Gasteiger partial charge in [-0.15, -0.1) is 0 Å². The summed E-state index contributed by atoms with van der Waals surface area (Å²) in [7, 11) is 1.73. The zero-order chi connectivity index (χ0) is 16.2. The van der Waals surface area contributed by atoms with Gasteiger partial charge in [0.2, 0.25) is 0 Å². The van der Waals surface area contributed by atoms with Crippen LogP contribution in [0.2, 0.25) is 0 Å². The first-order chi connectivity index (χ1) is 11.2. The molecular weight excluding hydrogens is 292 g/mol. The second kappa shape index (κ2) is 7.51. The van der Waals surface area contributed by atoms with Crippen LogP contribution in [-0.4, -0.2) is 57.0 Å². The summed E-state index contributed by atoms with van der Waals surface area (Å²) in [6.07, 6.45) is 1.48. The number of benzene rings is 1. The van der Waals surface area contributed by atoms with Crippen LogP contribution in [0.25, 0.3) is 0 Å². The van der Waals surface area contributed by atoms with Crippen molar-refractivity contribution < 1.29 is 14.2 Å². The molecule has 128 valence electrons. The molecule has 1 N–H and O–H groups in total. The summed E-state index contributed by atoms with van der Waals surface area (Å²) in [4.78, 5) is 2.43. The Hall–Kier alpha value is -1.30. The summed E-state index contributed by atoms with van der Waals surface area (Å²) >= 11 is 0. The summed E-state index contributed by atoms with van der Waals surface area (Å²) in [6, 6.07) is 4.23. The van der Waals surface area contributed by atoms with E-state index in [1.165, 1.54) is 5.56 Å². The lowest BCUT2D eigenvalue weighted by Crippen LogP contribution is -2.46. The van der Waals surface area contributed by atoms with Crippen molar-refractivity contribution in [3.05, 3.63) is 23.3 Å². The molecule has 0 saturated carbocycles. The first kappa shape index (κ1) is 16.6. The van der Waals surface area contributed by atoms with Crippen LogP contribution < -0.4 is 14.8 Å². The Balaban J connectivity index is 1.57. The molecule has 2 atom stereocenters. The van der Waals surface area contributed by atoms with E-state index in [0.717, 1.165) is 62.8 Å². The van der Waals surface area contributed by atoms with Crippen molar-refractivity contribution >= 4 is 0 Å². The molecule has 0 aliphatic carbocycles. The van der Waals surface area contributed by atoms with Crippen LogP contribution in [0.3, 0.4) is 0 Å². The van der Waals surface area contributed by atoms with Gasteiger partial charge < -0.3 is 19.5 Å². The fraction of sp³-hybridized carbons (Fsp3) is 0.667. The minimum atomic E-state index is 0.258. The van der Waals surface area contributed by atoms with Gasteiger partial charge in [0.1, 0.15) is 17.6 Å². The maximum Gasteiger partial charge on any atom is 0.123 e. The molecule has 1 aromatic carbocycles. The number of hydrogen-bond donors (Lipinski definition) is 1. The highest BCUT2D eigenvalue weighted by Gasteiger charge is 2.22. The standard InChI is InChI=1S/C18H28N2O3/c1-4-20-5-6-22-16(12-20)11-19-10-15-9-18-14(7-13(2)23-18)8-17(15)21-3/h8-9,13,16,19H,4-7,10-12H2,1-3H3/t13-,16+/m1/s1. The number of rotatable bonds is 6. The Morgan fingerprint density at radius 1 is 1.39 bits per heavy atom. The largest absolute Gasteiger partial charge is 0.496 e. The molecule has 0 radical (unpaired) electrons. The van der Waals surface area contributed by atoms with E-state index in [-0.39, 0.29) is 12.2 Å². The van der Waals surface area contributed by atoms with E-state index in [1.807, 2.05) is 0 Å². The summed E-state index contributed by atoms with van der Waals surface area (Å²) in [5.74, 6) is 1.94. The fourth-order valence-electron chi connectivity index (χ4n) is 3.37. The van der Waals surface area contributed by atoms with Gasteiger partial charge in [-0.2, -0.15) is 0 Å². The third-order valence-corrected chi connectivity index (χ3v) is 4.66. The monoisotopic (exact) mass is 320 g/mol. The van der Waals surface area contributed by atoms with Gasteiger partial charge in [-0.25, -0.2) is 0 Å². The van der Waals surface area contributed by atoms with Crippen molar-refractivity contribution in [3.63, 3.8) is 0 Å². The zero-order valence-electron chi connectivity index (χ0n) is 14.4. The van der Waals surface area contributed by atoms with Gasteiger partial charge in [0.05, 0.1) is 19.8 Å². The minimum Gasteiger partial charge on any atom is -0.496 e. The van der Waals surface area contributed by atoms with Gasteiger partial charge in [0.25, 0.3) is 0 Å². The normalized spacial score (nSPS) is 24.3. The summed E-state index contributed by atoms with van der Waals surface area (Å²) < 4.78 is 17.2. The van der Waals surface area contributed by atoms with Crippen LogP contribution in [0.1, 0.15) is 25.0 Å². The van der Waals surface area contributed by atoms with E-state index in [9.17, 15) is 0 Å². The highest BCUT2D eigenvalue weighted by molar-refractivity contribution is 5.48. The molecule has 3 rings (SSSR count). The topological polar surface area (TPSA) is 43.0 Å². The molecule has 1 saturated heterocycles. The average molecular weight is 320 g/mol. The molecule has 0 unspecified atom stereocenters. The first-order valence-corrected chi connectivity index (χ1v) is 8.60. The number of fused-ring (bicyclic) bond motifs is 1. The van der Waals surface area contributed by atoms with Crippen LogP contribution in [-0.2, 0) is 17.7 Å². The first-order valence-electron chi connectivity index (χ1n) is 8.60.